The molecule has 3 aromatic rings. The van der Waals surface area contributed by atoms with Gasteiger partial charge in [0.1, 0.15) is 5.82 Å². The zero-order chi connectivity index (χ0) is 21.5. The SMILES string of the molecule is C=CCN(Cc1cccn1Cc1cccc(F)c1)C(=O)Nc1ccc([N+](=O)[O-])cc1. The van der Waals surface area contributed by atoms with Crippen LogP contribution in [-0.4, -0.2) is 27.0 Å². The second-order valence-corrected chi connectivity index (χ2v) is 6.66. The number of non-ortho nitro benzene ring substituents is 1. The predicted octanol–water partition coefficient (Wildman–Crippen LogP) is 4.80. The summed E-state index contributed by atoms with van der Waals surface area (Å²) in [4.78, 5) is 24.6. The predicted molar refractivity (Wildman–Crippen MR) is 113 cm³/mol. The van der Waals surface area contributed by atoms with Crippen LogP contribution in [0.1, 0.15) is 11.3 Å². The van der Waals surface area contributed by atoms with E-state index in [2.05, 4.69) is 11.9 Å². The maximum atomic E-state index is 13.5. The van der Waals surface area contributed by atoms with Crippen LogP contribution >= 0.6 is 0 Å². The van der Waals surface area contributed by atoms with Crippen LogP contribution in [0.2, 0.25) is 0 Å². The lowest BCUT2D eigenvalue weighted by atomic mass is 10.2. The molecule has 2 aromatic carbocycles. The highest BCUT2D eigenvalue weighted by molar-refractivity contribution is 5.89. The summed E-state index contributed by atoms with van der Waals surface area (Å²) in [7, 11) is 0. The molecule has 0 saturated carbocycles. The first-order valence-electron chi connectivity index (χ1n) is 9.26. The Balaban J connectivity index is 1.71. The van der Waals surface area contributed by atoms with Crippen molar-refractivity contribution in [2.24, 2.45) is 0 Å². The number of aromatic nitrogens is 1. The molecule has 0 bridgehead atoms. The Kier molecular flexibility index (Phi) is 6.59. The summed E-state index contributed by atoms with van der Waals surface area (Å²) in [5, 5.41) is 13.5. The first kappa shape index (κ1) is 20.8. The third kappa shape index (κ3) is 5.32. The summed E-state index contributed by atoms with van der Waals surface area (Å²) in [6.07, 6.45) is 3.50. The lowest BCUT2D eigenvalue weighted by Crippen LogP contribution is -2.35. The van der Waals surface area contributed by atoms with Crippen molar-refractivity contribution >= 4 is 17.4 Å². The molecule has 0 saturated heterocycles. The lowest BCUT2D eigenvalue weighted by Gasteiger charge is -2.22. The molecular formula is C22H21FN4O3. The highest BCUT2D eigenvalue weighted by Gasteiger charge is 2.16. The first-order chi connectivity index (χ1) is 14.5. The van der Waals surface area contributed by atoms with Gasteiger partial charge in [-0.2, -0.15) is 0 Å². The zero-order valence-corrected chi connectivity index (χ0v) is 16.2. The first-order valence-corrected chi connectivity index (χ1v) is 9.26. The summed E-state index contributed by atoms with van der Waals surface area (Å²) < 4.78 is 15.4. The van der Waals surface area contributed by atoms with E-state index in [1.807, 2.05) is 29.0 Å². The number of nitro groups is 1. The largest absolute Gasteiger partial charge is 0.345 e. The van der Waals surface area contributed by atoms with E-state index < -0.39 is 4.92 Å². The Morgan fingerprint density at radius 1 is 1.20 bits per heavy atom. The number of carbonyl (C=O) groups excluding carboxylic acids is 1. The molecule has 1 heterocycles. The number of benzene rings is 2. The van der Waals surface area contributed by atoms with E-state index in [0.717, 1.165) is 11.3 Å². The fourth-order valence-corrected chi connectivity index (χ4v) is 3.02. The van der Waals surface area contributed by atoms with Crippen molar-refractivity contribution in [2.45, 2.75) is 13.1 Å². The normalized spacial score (nSPS) is 10.4. The number of nitrogens with zero attached hydrogens (tertiary/aromatic N) is 3. The van der Waals surface area contributed by atoms with Crippen LogP contribution in [0.4, 0.5) is 20.6 Å². The van der Waals surface area contributed by atoms with E-state index >= 15 is 0 Å². The molecule has 154 valence electrons. The van der Waals surface area contributed by atoms with Crippen LogP contribution in [0.15, 0.2) is 79.5 Å². The Hall–Kier alpha value is -3.94. The van der Waals surface area contributed by atoms with E-state index in [-0.39, 0.29) is 17.5 Å². The summed E-state index contributed by atoms with van der Waals surface area (Å²) in [5.41, 5.74) is 2.10. The Morgan fingerprint density at radius 2 is 1.97 bits per heavy atom. The fraction of sp³-hybridized carbons (Fsp3) is 0.136. The van der Waals surface area contributed by atoms with Crippen LogP contribution in [0.25, 0.3) is 0 Å². The third-order valence-corrected chi connectivity index (χ3v) is 4.48. The summed E-state index contributed by atoms with van der Waals surface area (Å²) in [6.45, 7) is 4.81. The number of hydrogen-bond acceptors (Lipinski definition) is 3. The molecule has 8 heteroatoms. The molecule has 3 rings (SSSR count). The molecule has 7 nitrogen and oxygen atoms in total. The average molecular weight is 408 g/mol. The molecule has 0 atom stereocenters. The molecule has 30 heavy (non-hydrogen) atoms. The van der Waals surface area contributed by atoms with Gasteiger partial charge in [-0.3, -0.25) is 10.1 Å². The van der Waals surface area contributed by atoms with Crippen LogP contribution in [0.5, 0.6) is 0 Å². The van der Waals surface area contributed by atoms with E-state index in [1.165, 1.54) is 36.4 Å². The van der Waals surface area contributed by atoms with Crippen molar-refractivity contribution in [1.82, 2.24) is 9.47 Å². The summed E-state index contributed by atoms with van der Waals surface area (Å²) in [6, 6.07) is 15.4. The van der Waals surface area contributed by atoms with Crippen molar-refractivity contribution in [3.05, 3.63) is 107 Å². The quantitative estimate of drug-likeness (QED) is 0.330. The van der Waals surface area contributed by atoms with Crippen molar-refractivity contribution in [3.8, 4) is 0 Å². The number of amides is 2. The molecule has 1 N–H and O–H groups in total. The van der Waals surface area contributed by atoms with Crippen molar-refractivity contribution < 1.29 is 14.1 Å². The topological polar surface area (TPSA) is 80.4 Å². The Morgan fingerprint density at radius 3 is 2.63 bits per heavy atom. The van der Waals surface area contributed by atoms with Gasteiger partial charge in [-0.1, -0.05) is 18.2 Å². The van der Waals surface area contributed by atoms with Crippen molar-refractivity contribution in [1.29, 1.82) is 0 Å². The van der Waals surface area contributed by atoms with E-state index in [0.29, 0.717) is 25.3 Å². The second kappa shape index (κ2) is 9.51. The van der Waals surface area contributed by atoms with E-state index in [9.17, 15) is 19.3 Å². The molecule has 0 spiro atoms. The maximum absolute atomic E-state index is 13.5. The van der Waals surface area contributed by atoms with Gasteiger partial charge in [0.05, 0.1) is 11.5 Å². The van der Waals surface area contributed by atoms with Gasteiger partial charge >= 0.3 is 6.03 Å². The molecule has 0 aliphatic carbocycles. The molecule has 1 aromatic heterocycles. The highest BCUT2D eigenvalue weighted by Crippen LogP contribution is 2.17. The maximum Gasteiger partial charge on any atom is 0.322 e. The van der Waals surface area contributed by atoms with Gasteiger partial charge in [-0.25, -0.2) is 9.18 Å². The number of hydrogen-bond donors (Lipinski definition) is 1. The number of halogens is 1. The minimum Gasteiger partial charge on any atom is -0.345 e. The smallest absolute Gasteiger partial charge is 0.322 e. The number of carbonyl (C=O) groups is 1. The summed E-state index contributed by atoms with van der Waals surface area (Å²) in [5.74, 6) is -0.294. The number of nitro benzene ring substituents is 1. The van der Waals surface area contributed by atoms with E-state index in [1.54, 1.807) is 17.0 Å². The molecule has 0 fully saturated rings. The molecule has 0 aliphatic heterocycles. The zero-order valence-electron chi connectivity index (χ0n) is 16.2. The Labute approximate surface area is 173 Å². The van der Waals surface area contributed by atoms with Gasteiger partial charge in [0, 0.05) is 42.8 Å². The standard InChI is InChI=1S/C22H21FN4O3/c1-2-12-26(22(28)24-19-8-10-20(11-9-19)27(29)30)16-21-7-4-13-25(21)15-17-5-3-6-18(23)14-17/h2-11,13-14H,1,12,15-16H2,(H,24,28). The highest BCUT2D eigenvalue weighted by atomic mass is 19.1. The monoisotopic (exact) mass is 408 g/mol. The van der Waals surface area contributed by atoms with E-state index in [4.69, 9.17) is 0 Å². The van der Waals surface area contributed by atoms with Crippen LogP contribution in [0, 0.1) is 15.9 Å². The van der Waals surface area contributed by atoms with Gasteiger partial charge in [-0.05, 0) is 42.0 Å². The molecule has 0 unspecified atom stereocenters. The van der Waals surface area contributed by atoms with Gasteiger partial charge in [0.15, 0.2) is 0 Å². The van der Waals surface area contributed by atoms with Gasteiger partial charge in [-0.15, -0.1) is 6.58 Å². The molecular weight excluding hydrogens is 387 g/mol. The lowest BCUT2D eigenvalue weighted by molar-refractivity contribution is -0.384. The number of anilines is 1. The Bertz CT molecular complexity index is 1050. The summed E-state index contributed by atoms with van der Waals surface area (Å²) >= 11 is 0. The molecule has 0 aliphatic rings. The van der Waals surface area contributed by atoms with Crippen LogP contribution in [0.3, 0.4) is 0 Å². The van der Waals surface area contributed by atoms with Gasteiger partial charge < -0.3 is 14.8 Å². The fourth-order valence-electron chi connectivity index (χ4n) is 3.02. The van der Waals surface area contributed by atoms with Crippen molar-refractivity contribution in [2.75, 3.05) is 11.9 Å². The number of urea groups is 1. The second-order valence-electron chi connectivity index (χ2n) is 6.66. The van der Waals surface area contributed by atoms with Gasteiger partial charge in [0.2, 0.25) is 0 Å². The number of nitrogens with one attached hydrogen (secondary N) is 1. The third-order valence-electron chi connectivity index (χ3n) is 4.48. The molecule has 2 amide bonds. The number of rotatable bonds is 8. The van der Waals surface area contributed by atoms with Crippen molar-refractivity contribution in [3.63, 3.8) is 0 Å². The minimum absolute atomic E-state index is 0.0499. The van der Waals surface area contributed by atoms with Crippen LogP contribution < -0.4 is 5.32 Å². The molecule has 0 radical (unpaired) electrons. The average Bonchev–Trinajstić information content (AvgIpc) is 3.14. The van der Waals surface area contributed by atoms with Gasteiger partial charge in [0.25, 0.3) is 5.69 Å². The van der Waals surface area contributed by atoms with Crippen LogP contribution in [-0.2, 0) is 13.1 Å². The minimum atomic E-state index is -0.498.